The second-order valence-corrected chi connectivity index (χ2v) is 7.02. The van der Waals surface area contributed by atoms with Crippen LogP contribution in [0, 0.1) is 5.41 Å². The Balaban J connectivity index is 2.75. The minimum absolute atomic E-state index is 0.0298. The van der Waals surface area contributed by atoms with Crippen molar-refractivity contribution in [3.05, 3.63) is 0 Å². The molecule has 1 fully saturated rings. The monoisotopic (exact) mass is 293 g/mol. The van der Waals surface area contributed by atoms with Crippen LogP contribution in [-0.2, 0) is 19.8 Å². The summed E-state index contributed by atoms with van der Waals surface area (Å²) in [6.07, 6.45) is 0.102. The Morgan fingerprint density at radius 2 is 2.05 bits per heavy atom. The van der Waals surface area contributed by atoms with Crippen molar-refractivity contribution in [3.8, 4) is 0 Å². The van der Waals surface area contributed by atoms with Crippen molar-refractivity contribution < 1.29 is 23.1 Å². The Morgan fingerprint density at radius 1 is 1.47 bits per heavy atom. The van der Waals surface area contributed by atoms with Crippen LogP contribution in [0.2, 0.25) is 0 Å². The second-order valence-electron chi connectivity index (χ2n) is 4.98. The lowest BCUT2D eigenvalue weighted by Gasteiger charge is -2.25. The van der Waals surface area contributed by atoms with Crippen LogP contribution in [0.5, 0.6) is 0 Å². The Kier molecular flexibility index (Phi) is 4.54. The predicted molar refractivity (Wildman–Crippen MR) is 67.3 cm³/mol. The molecule has 0 saturated carbocycles. The standard InChI is InChI=1S/C10H19N3O5S/c1-10(9(11)16)4-6-13(7-10)19(17,18)12(2)5-3-8(14)15/h3-7H2,1-2H3,(H2,11,16)(H,14,15). The lowest BCUT2D eigenvalue weighted by atomic mass is 9.89. The van der Waals surface area contributed by atoms with Gasteiger partial charge in [-0.05, 0) is 13.3 Å². The molecule has 19 heavy (non-hydrogen) atoms. The number of hydrogen-bond donors (Lipinski definition) is 2. The smallest absolute Gasteiger partial charge is 0.304 e. The first-order valence-electron chi connectivity index (χ1n) is 5.83. The molecule has 0 aromatic heterocycles. The summed E-state index contributed by atoms with van der Waals surface area (Å²) >= 11 is 0. The molecule has 1 unspecified atom stereocenters. The fraction of sp³-hybridized carbons (Fsp3) is 0.800. The minimum atomic E-state index is -3.74. The van der Waals surface area contributed by atoms with Gasteiger partial charge in [-0.25, -0.2) is 0 Å². The van der Waals surface area contributed by atoms with Crippen molar-refractivity contribution in [3.63, 3.8) is 0 Å². The summed E-state index contributed by atoms with van der Waals surface area (Å²) in [7, 11) is -2.43. The van der Waals surface area contributed by atoms with Gasteiger partial charge in [-0.3, -0.25) is 9.59 Å². The molecule has 1 aliphatic heterocycles. The van der Waals surface area contributed by atoms with Crippen molar-refractivity contribution >= 4 is 22.1 Å². The molecule has 1 rings (SSSR count). The van der Waals surface area contributed by atoms with Gasteiger partial charge < -0.3 is 10.8 Å². The Morgan fingerprint density at radius 3 is 2.47 bits per heavy atom. The summed E-state index contributed by atoms with van der Waals surface area (Å²) in [4.78, 5) is 21.7. The lowest BCUT2D eigenvalue weighted by molar-refractivity contribution is -0.137. The van der Waals surface area contributed by atoms with E-state index in [0.29, 0.717) is 6.42 Å². The van der Waals surface area contributed by atoms with Crippen LogP contribution >= 0.6 is 0 Å². The van der Waals surface area contributed by atoms with E-state index in [0.717, 1.165) is 4.31 Å². The molecule has 110 valence electrons. The zero-order valence-electron chi connectivity index (χ0n) is 11.0. The molecule has 1 saturated heterocycles. The van der Waals surface area contributed by atoms with Gasteiger partial charge in [0.1, 0.15) is 0 Å². The SMILES string of the molecule is CN(CCC(=O)O)S(=O)(=O)N1CCC(C)(C(N)=O)C1. The Hall–Kier alpha value is -1.19. The molecular formula is C10H19N3O5S. The van der Waals surface area contributed by atoms with E-state index in [1.807, 2.05) is 0 Å². The van der Waals surface area contributed by atoms with E-state index in [2.05, 4.69) is 0 Å². The van der Waals surface area contributed by atoms with Gasteiger partial charge in [0.25, 0.3) is 10.2 Å². The van der Waals surface area contributed by atoms with Crippen LogP contribution in [-0.4, -0.2) is 60.7 Å². The Bertz CT molecular complexity index is 478. The maximum absolute atomic E-state index is 12.2. The average Bonchev–Trinajstić information content (AvgIpc) is 2.70. The number of carbonyl (C=O) groups is 2. The molecule has 1 amide bonds. The summed E-state index contributed by atoms with van der Waals surface area (Å²) in [6, 6.07) is 0. The highest BCUT2D eigenvalue weighted by atomic mass is 32.2. The van der Waals surface area contributed by atoms with E-state index < -0.39 is 27.5 Å². The van der Waals surface area contributed by atoms with Crippen LogP contribution in [0.25, 0.3) is 0 Å². The molecule has 1 aliphatic rings. The quantitative estimate of drug-likeness (QED) is 0.639. The minimum Gasteiger partial charge on any atom is -0.481 e. The van der Waals surface area contributed by atoms with E-state index in [9.17, 15) is 18.0 Å². The normalized spacial score (nSPS) is 24.8. The molecule has 0 aromatic carbocycles. The topological polar surface area (TPSA) is 121 Å². The van der Waals surface area contributed by atoms with Crippen LogP contribution in [0.1, 0.15) is 19.8 Å². The number of aliphatic carboxylic acids is 1. The summed E-state index contributed by atoms with van der Waals surface area (Å²) < 4.78 is 26.5. The molecule has 1 heterocycles. The number of nitrogens with zero attached hydrogens (tertiary/aromatic N) is 2. The molecule has 1 atom stereocenters. The highest BCUT2D eigenvalue weighted by Crippen LogP contribution is 2.31. The number of primary amides is 1. The fourth-order valence-electron chi connectivity index (χ4n) is 1.88. The maximum Gasteiger partial charge on any atom is 0.304 e. The van der Waals surface area contributed by atoms with E-state index in [1.54, 1.807) is 6.92 Å². The third kappa shape index (κ3) is 3.43. The molecule has 0 aromatic rings. The second kappa shape index (κ2) is 5.43. The van der Waals surface area contributed by atoms with Gasteiger partial charge in [-0.2, -0.15) is 17.0 Å². The van der Waals surface area contributed by atoms with Crippen molar-refractivity contribution in [2.45, 2.75) is 19.8 Å². The number of carbonyl (C=O) groups excluding carboxylic acids is 1. The van der Waals surface area contributed by atoms with E-state index in [-0.39, 0.29) is 26.1 Å². The van der Waals surface area contributed by atoms with Crippen LogP contribution < -0.4 is 5.73 Å². The zero-order valence-corrected chi connectivity index (χ0v) is 11.8. The highest BCUT2D eigenvalue weighted by Gasteiger charge is 2.44. The molecule has 3 N–H and O–H groups in total. The largest absolute Gasteiger partial charge is 0.481 e. The molecule has 0 radical (unpaired) electrons. The van der Waals surface area contributed by atoms with Crippen LogP contribution in [0.4, 0.5) is 0 Å². The molecule has 8 nitrogen and oxygen atoms in total. The van der Waals surface area contributed by atoms with Crippen molar-refractivity contribution in [2.75, 3.05) is 26.7 Å². The van der Waals surface area contributed by atoms with E-state index in [4.69, 9.17) is 10.8 Å². The van der Waals surface area contributed by atoms with Crippen molar-refractivity contribution in [1.29, 1.82) is 0 Å². The first-order valence-corrected chi connectivity index (χ1v) is 7.22. The summed E-state index contributed by atoms with van der Waals surface area (Å²) in [5.74, 6) is -1.59. The number of nitrogens with two attached hydrogens (primary N) is 1. The summed E-state index contributed by atoms with van der Waals surface area (Å²) in [6.45, 7) is 1.75. The van der Waals surface area contributed by atoms with Gasteiger partial charge >= 0.3 is 5.97 Å². The van der Waals surface area contributed by atoms with E-state index >= 15 is 0 Å². The predicted octanol–water partition coefficient (Wildman–Crippen LogP) is -1.16. The molecular weight excluding hydrogens is 274 g/mol. The fourth-order valence-corrected chi connectivity index (χ4v) is 3.37. The van der Waals surface area contributed by atoms with E-state index in [1.165, 1.54) is 11.4 Å². The van der Waals surface area contributed by atoms with Crippen molar-refractivity contribution in [1.82, 2.24) is 8.61 Å². The molecule has 9 heteroatoms. The molecule has 0 bridgehead atoms. The lowest BCUT2D eigenvalue weighted by Crippen LogP contribution is -2.44. The summed E-state index contributed by atoms with van der Waals surface area (Å²) in [5, 5.41) is 8.55. The van der Waals surface area contributed by atoms with Gasteiger partial charge in [-0.15, -0.1) is 0 Å². The van der Waals surface area contributed by atoms with Crippen molar-refractivity contribution in [2.24, 2.45) is 11.1 Å². The highest BCUT2D eigenvalue weighted by molar-refractivity contribution is 7.86. The Labute approximate surface area is 112 Å². The molecule has 0 spiro atoms. The van der Waals surface area contributed by atoms with Gasteiger partial charge in [-0.1, -0.05) is 0 Å². The zero-order chi connectivity index (χ0) is 14.8. The third-order valence-corrected chi connectivity index (χ3v) is 5.33. The number of amides is 1. The summed E-state index contributed by atoms with van der Waals surface area (Å²) in [5.41, 5.74) is 4.40. The maximum atomic E-state index is 12.2. The average molecular weight is 293 g/mol. The van der Waals surface area contributed by atoms with Gasteiger partial charge in [0.15, 0.2) is 0 Å². The van der Waals surface area contributed by atoms with Gasteiger partial charge in [0.2, 0.25) is 5.91 Å². The number of carboxylic acids is 1. The first kappa shape index (κ1) is 15.9. The van der Waals surface area contributed by atoms with Gasteiger partial charge in [0.05, 0.1) is 11.8 Å². The van der Waals surface area contributed by atoms with Crippen LogP contribution in [0.3, 0.4) is 0 Å². The number of carboxylic acid groups (broad SMARTS) is 1. The molecule has 0 aliphatic carbocycles. The van der Waals surface area contributed by atoms with Gasteiger partial charge in [0, 0.05) is 26.7 Å². The third-order valence-electron chi connectivity index (χ3n) is 3.39. The number of rotatable bonds is 6. The number of hydrogen-bond acceptors (Lipinski definition) is 4. The van der Waals surface area contributed by atoms with Crippen LogP contribution in [0.15, 0.2) is 0 Å². The first-order chi connectivity index (χ1) is 8.59.